The minimum absolute atomic E-state index is 0.0227. The van der Waals surface area contributed by atoms with Crippen LogP contribution in [0.3, 0.4) is 0 Å². The lowest BCUT2D eigenvalue weighted by Gasteiger charge is -2.27. The summed E-state index contributed by atoms with van der Waals surface area (Å²) in [6.45, 7) is 3.09. The van der Waals surface area contributed by atoms with Crippen molar-refractivity contribution in [3.8, 4) is 0 Å². The maximum atomic E-state index is 5.95. The predicted octanol–water partition coefficient (Wildman–Crippen LogP) is 7.17. The van der Waals surface area contributed by atoms with Crippen LogP contribution in [0.15, 0.2) is 24.3 Å². The predicted molar refractivity (Wildman–Crippen MR) is 141 cm³/mol. The van der Waals surface area contributed by atoms with Crippen LogP contribution in [0.5, 0.6) is 0 Å². The van der Waals surface area contributed by atoms with Crippen molar-refractivity contribution in [2.45, 2.75) is 27.7 Å². The van der Waals surface area contributed by atoms with Gasteiger partial charge in [0.05, 0.1) is 37.1 Å². The maximum Gasteiger partial charge on any atom is 0.334 e. The lowest BCUT2D eigenvalue weighted by atomic mass is 10.3. The van der Waals surface area contributed by atoms with Crippen LogP contribution in [0.1, 0.15) is 27.7 Å². The van der Waals surface area contributed by atoms with Crippen molar-refractivity contribution in [3.63, 3.8) is 0 Å². The smallest absolute Gasteiger partial charge is 0.323 e. The van der Waals surface area contributed by atoms with Gasteiger partial charge in [-0.05, 0) is 86.6 Å². The number of hydrogen-bond acceptors (Lipinski definition) is 11. The first kappa shape index (κ1) is 31.0. The minimum atomic E-state index is -2.87. The molecule has 0 radical (unpaired) electrons. The average molecular weight is 598 g/mol. The van der Waals surface area contributed by atoms with E-state index in [2.05, 4.69) is 20.3 Å². The summed E-state index contributed by atoms with van der Waals surface area (Å²) >= 11 is 27.7. The first-order valence-electron chi connectivity index (χ1n) is 9.68. The van der Waals surface area contributed by atoms with Gasteiger partial charge in [0, 0.05) is 0 Å². The third-order valence-electron chi connectivity index (χ3n) is 3.05. The van der Waals surface area contributed by atoms with E-state index in [9.17, 15) is 0 Å². The van der Waals surface area contributed by atoms with Gasteiger partial charge in [-0.2, -0.15) is 15.0 Å². The van der Waals surface area contributed by atoms with Crippen molar-refractivity contribution < 1.29 is 22.4 Å². The van der Waals surface area contributed by atoms with Gasteiger partial charge in [-0.1, -0.05) is 23.7 Å². The number of hydrogen-bond donors (Lipinski definition) is 1. The van der Waals surface area contributed by atoms with Gasteiger partial charge in [0.2, 0.25) is 16.5 Å². The highest BCUT2D eigenvalue weighted by molar-refractivity contribution is 8.14. The van der Waals surface area contributed by atoms with Crippen LogP contribution >= 0.6 is 48.2 Å². The second-order valence-corrected chi connectivity index (χ2v) is 12.7. The van der Waals surface area contributed by atoms with E-state index in [1.165, 1.54) is 0 Å². The zero-order chi connectivity index (χ0) is 24.9. The molecule has 2 rings (SSSR count). The molecular weight excluding hydrogens is 573 g/mol. The molecule has 2 aromatic rings. The average Bonchev–Trinajstić information content (AvgIpc) is 2.70. The summed E-state index contributed by atoms with van der Waals surface area (Å²) < 4.78 is 26.9. The fraction of sp³-hybridized carbons (Fsp3) is 0.471. The molecular formula is C17H25Cl3N4O5P2S2. The quantitative estimate of drug-likeness (QED) is 0.252. The van der Waals surface area contributed by atoms with E-state index in [-0.39, 0.29) is 16.5 Å². The topological polar surface area (TPSA) is 96.9 Å². The van der Waals surface area contributed by atoms with Gasteiger partial charge in [0.25, 0.3) is 0 Å². The Hall–Kier alpha value is -0.000000000000000333. The van der Waals surface area contributed by atoms with Gasteiger partial charge in [0.1, 0.15) is 0 Å². The zero-order valence-corrected chi connectivity index (χ0v) is 24.1. The third kappa shape index (κ3) is 12.0. The molecule has 1 heterocycles. The van der Waals surface area contributed by atoms with Gasteiger partial charge < -0.3 is 23.4 Å². The molecule has 0 saturated carbocycles. The first-order valence-corrected chi connectivity index (χ1v) is 15.9. The summed E-state index contributed by atoms with van der Waals surface area (Å²) in [5, 5.41) is 3.49. The zero-order valence-electron chi connectivity index (χ0n) is 18.4. The van der Waals surface area contributed by atoms with E-state index in [1.807, 2.05) is 39.8 Å². The molecule has 0 unspecified atom stereocenters. The number of rotatable bonds is 12. The Labute approximate surface area is 219 Å². The summed E-state index contributed by atoms with van der Waals surface area (Å²) in [5.41, 5.74) is 0.669. The minimum Gasteiger partial charge on any atom is -0.323 e. The third-order valence-corrected chi connectivity index (χ3v) is 10.1. The monoisotopic (exact) mass is 596 g/mol. The summed E-state index contributed by atoms with van der Waals surface area (Å²) in [7, 11) is 0. The van der Waals surface area contributed by atoms with Crippen LogP contribution in [-0.4, -0.2) is 41.4 Å². The van der Waals surface area contributed by atoms with Crippen LogP contribution in [0.25, 0.3) is 0 Å². The molecule has 0 bridgehead atoms. The van der Waals surface area contributed by atoms with Crippen molar-refractivity contribution >= 4 is 83.5 Å². The Morgan fingerprint density at radius 2 is 1.18 bits per heavy atom. The molecule has 1 aromatic heterocycles. The lowest BCUT2D eigenvalue weighted by molar-refractivity contribution is 0.176. The van der Waals surface area contributed by atoms with Gasteiger partial charge in [0.15, 0.2) is 0 Å². The molecule has 0 aliphatic carbocycles. The molecule has 1 aromatic carbocycles. The molecule has 0 amide bonds. The Morgan fingerprint density at radius 3 is 1.58 bits per heavy atom. The molecule has 0 aliphatic heterocycles. The highest BCUT2D eigenvalue weighted by Gasteiger charge is 2.32. The molecule has 186 valence electrons. The Bertz CT molecular complexity index is 912. The highest BCUT2D eigenvalue weighted by Crippen LogP contribution is 2.66. The number of anilines is 2. The summed E-state index contributed by atoms with van der Waals surface area (Å²) in [4.78, 5) is 11.4. The van der Waals surface area contributed by atoms with Crippen LogP contribution in [0.4, 0.5) is 11.6 Å². The molecule has 0 aliphatic rings. The second kappa shape index (κ2) is 15.9. The Kier molecular flexibility index (Phi) is 14.9. The normalized spacial score (nSPS) is 11.6. The van der Waals surface area contributed by atoms with Crippen molar-refractivity contribution in [1.82, 2.24) is 15.0 Å². The van der Waals surface area contributed by atoms with Crippen LogP contribution in [-0.2, 0) is 46.0 Å². The van der Waals surface area contributed by atoms with Gasteiger partial charge >= 0.3 is 13.4 Å². The van der Waals surface area contributed by atoms with E-state index in [4.69, 9.17) is 80.8 Å². The summed E-state index contributed by atoms with van der Waals surface area (Å²) in [6.07, 6.45) is 0. The lowest BCUT2D eigenvalue weighted by Crippen LogP contribution is -2.03. The number of para-hydroxylation sites is 1. The van der Waals surface area contributed by atoms with E-state index >= 15 is 0 Å². The van der Waals surface area contributed by atoms with Crippen LogP contribution in [0, 0.1) is 0 Å². The second-order valence-electron chi connectivity index (χ2n) is 5.45. The van der Waals surface area contributed by atoms with E-state index in [0.717, 1.165) is 0 Å². The maximum absolute atomic E-state index is 5.95. The highest BCUT2D eigenvalue weighted by atomic mass is 35.5. The largest absolute Gasteiger partial charge is 0.334 e. The Morgan fingerprint density at radius 1 is 0.758 bits per heavy atom. The van der Waals surface area contributed by atoms with Crippen molar-refractivity contribution in [3.05, 3.63) is 39.9 Å². The Balaban J connectivity index is 0.000000330. The SMILES string of the molecule is CCOP(=S)(OCC)OP(=S)(OCC)OCC.Clc1nc(Cl)nc(Nc2ccccc2Cl)n1. The number of nitrogens with one attached hydrogen (secondary N) is 1. The summed E-state index contributed by atoms with van der Waals surface area (Å²) in [6, 6.07) is 7.18. The summed E-state index contributed by atoms with van der Waals surface area (Å²) in [5.74, 6) is 0.248. The fourth-order valence-corrected chi connectivity index (χ4v) is 8.91. The number of nitrogens with zero attached hydrogens (tertiary/aromatic N) is 3. The molecule has 0 spiro atoms. The standard InChI is InChI=1S/C9H5Cl3N4.C8H20O5P2S2/c10-5-3-1-2-4-6(5)13-9-15-7(11)14-8(12)16-9;1-5-9-14(16,10-6-2)13-15(17,11-7-3)12-8-4/h1-4H,(H,13,14,15,16);5-8H2,1-4H3. The molecule has 1 N–H and O–H groups in total. The molecule has 9 nitrogen and oxygen atoms in total. The first-order chi connectivity index (χ1) is 15.6. The number of benzene rings is 1. The molecule has 0 saturated heterocycles. The van der Waals surface area contributed by atoms with Gasteiger partial charge in [-0.3, -0.25) is 0 Å². The molecule has 0 atom stereocenters. The van der Waals surface area contributed by atoms with Crippen LogP contribution in [0.2, 0.25) is 15.6 Å². The molecule has 16 heteroatoms. The van der Waals surface area contributed by atoms with Gasteiger partial charge in [-0.15, -0.1) is 0 Å². The number of aromatic nitrogens is 3. The molecule has 0 fully saturated rings. The van der Waals surface area contributed by atoms with E-state index in [0.29, 0.717) is 37.1 Å². The van der Waals surface area contributed by atoms with E-state index < -0.39 is 13.4 Å². The molecule has 33 heavy (non-hydrogen) atoms. The van der Waals surface area contributed by atoms with Crippen LogP contribution < -0.4 is 5.32 Å². The van der Waals surface area contributed by atoms with Crippen molar-refractivity contribution in [2.75, 3.05) is 31.7 Å². The van der Waals surface area contributed by atoms with Crippen molar-refractivity contribution in [2.24, 2.45) is 0 Å². The van der Waals surface area contributed by atoms with E-state index in [1.54, 1.807) is 12.1 Å². The van der Waals surface area contributed by atoms with Gasteiger partial charge in [-0.25, -0.2) is 4.31 Å². The number of halogens is 3. The fourth-order valence-electron chi connectivity index (χ4n) is 1.99. The van der Waals surface area contributed by atoms with Crippen molar-refractivity contribution in [1.29, 1.82) is 0 Å².